The Morgan fingerprint density at radius 3 is 2.67 bits per heavy atom. The number of amides is 1. The second-order valence-corrected chi connectivity index (χ2v) is 5.61. The predicted molar refractivity (Wildman–Crippen MR) is 82.7 cm³/mol. The van der Waals surface area contributed by atoms with Crippen molar-refractivity contribution in [1.29, 1.82) is 0 Å². The lowest BCUT2D eigenvalue weighted by atomic mass is 10.1. The number of aliphatic carboxylic acids is 1. The first-order chi connectivity index (χ1) is 11.5. The average Bonchev–Trinajstić information content (AvgIpc) is 3.19. The van der Waals surface area contributed by atoms with E-state index in [1.807, 2.05) is 0 Å². The summed E-state index contributed by atoms with van der Waals surface area (Å²) in [5.41, 5.74) is 1.03. The van der Waals surface area contributed by atoms with Crippen molar-refractivity contribution >= 4 is 11.9 Å². The maximum absolute atomic E-state index is 12.2. The van der Waals surface area contributed by atoms with E-state index in [0.717, 1.165) is 0 Å². The Labute approximate surface area is 137 Å². The van der Waals surface area contributed by atoms with Crippen molar-refractivity contribution < 1.29 is 24.5 Å². The molecule has 24 heavy (non-hydrogen) atoms. The molecule has 8 heteroatoms. The number of β-amino-alcohol motifs (C(OH)–C–C–N with tert-alkyl or cyclic N) is 1. The van der Waals surface area contributed by atoms with Crippen molar-refractivity contribution in [2.45, 2.75) is 18.6 Å². The van der Waals surface area contributed by atoms with Gasteiger partial charge in [-0.15, -0.1) is 0 Å². The molecule has 3 rings (SSSR count). The minimum Gasteiger partial charge on any atom is -0.486 e. The fourth-order valence-electron chi connectivity index (χ4n) is 2.62. The maximum atomic E-state index is 12.2. The minimum absolute atomic E-state index is 0.0568. The van der Waals surface area contributed by atoms with Gasteiger partial charge in [-0.1, -0.05) is 12.1 Å². The second-order valence-electron chi connectivity index (χ2n) is 5.61. The SMILES string of the molecule is O=C(O)Cc1ccc(O[C@@H]2CN(C(=O)c3cnc[nH]3)C[C@H]2O)cc1. The van der Waals surface area contributed by atoms with Crippen LogP contribution >= 0.6 is 0 Å². The summed E-state index contributed by atoms with van der Waals surface area (Å²) in [5, 5.41) is 18.9. The number of carbonyl (C=O) groups excluding carboxylic acids is 1. The van der Waals surface area contributed by atoms with Crippen LogP contribution in [0, 0.1) is 0 Å². The number of hydrogen-bond donors (Lipinski definition) is 3. The highest BCUT2D eigenvalue weighted by atomic mass is 16.5. The molecule has 2 aromatic rings. The number of aliphatic hydroxyl groups is 1. The summed E-state index contributed by atoms with van der Waals surface area (Å²) in [6.45, 7) is 0.440. The fourth-order valence-corrected chi connectivity index (χ4v) is 2.62. The van der Waals surface area contributed by atoms with E-state index in [2.05, 4.69) is 9.97 Å². The molecule has 3 N–H and O–H groups in total. The number of H-pyrrole nitrogens is 1. The zero-order valence-corrected chi connectivity index (χ0v) is 12.8. The number of benzene rings is 1. The monoisotopic (exact) mass is 331 g/mol. The quantitative estimate of drug-likeness (QED) is 0.726. The number of aromatic amines is 1. The van der Waals surface area contributed by atoms with Gasteiger partial charge in [0.05, 0.1) is 32.0 Å². The van der Waals surface area contributed by atoms with Crippen LogP contribution in [0.4, 0.5) is 0 Å². The molecule has 8 nitrogen and oxygen atoms in total. The van der Waals surface area contributed by atoms with Crippen LogP contribution in [0.5, 0.6) is 5.75 Å². The van der Waals surface area contributed by atoms with E-state index < -0.39 is 18.2 Å². The van der Waals surface area contributed by atoms with Crippen molar-refractivity contribution in [3.05, 3.63) is 48.0 Å². The first kappa shape index (κ1) is 16.0. The van der Waals surface area contributed by atoms with Crippen LogP contribution in [0.1, 0.15) is 16.1 Å². The lowest BCUT2D eigenvalue weighted by Crippen LogP contribution is -2.31. The first-order valence-corrected chi connectivity index (χ1v) is 7.46. The van der Waals surface area contributed by atoms with Crippen LogP contribution in [0.3, 0.4) is 0 Å². The number of nitrogens with one attached hydrogen (secondary N) is 1. The third-order valence-corrected chi connectivity index (χ3v) is 3.82. The summed E-state index contributed by atoms with van der Waals surface area (Å²) in [6, 6.07) is 6.64. The van der Waals surface area contributed by atoms with E-state index in [1.165, 1.54) is 17.4 Å². The number of aliphatic hydroxyl groups excluding tert-OH is 1. The van der Waals surface area contributed by atoms with Crippen molar-refractivity contribution in [2.75, 3.05) is 13.1 Å². The number of likely N-dealkylation sites (tertiary alicyclic amines) is 1. The molecule has 1 aromatic carbocycles. The first-order valence-electron chi connectivity index (χ1n) is 7.46. The van der Waals surface area contributed by atoms with Crippen molar-refractivity contribution in [2.24, 2.45) is 0 Å². The van der Waals surface area contributed by atoms with E-state index >= 15 is 0 Å². The number of carbonyl (C=O) groups is 2. The van der Waals surface area contributed by atoms with Gasteiger partial charge in [0.15, 0.2) is 0 Å². The van der Waals surface area contributed by atoms with Crippen LogP contribution in [0.2, 0.25) is 0 Å². The molecule has 1 aliphatic heterocycles. The molecule has 1 aliphatic rings. The molecule has 0 spiro atoms. The van der Waals surface area contributed by atoms with Gasteiger partial charge in [-0.2, -0.15) is 0 Å². The Kier molecular flexibility index (Phi) is 4.48. The summed E-state index contributed by atoms with van der Waals surface area (Å²) >= 11 is 0. The Hall–Kier alpha value is -2.87. The Morgan fingerprint density at radius 2 is 2.04 bits per heavy atom. The Bertz CT molecular complexity index is 714. The number of ether oxygens (including phenoxy) is 1. The number of nitrogens with zero attached hydrogens (tertiary/aromatic N) is 2. The van der Waals surface area contributed by atoms with Gasteiger partial charge in [0.25, 0.3) is 5.91 Å². The molecule has 0 aliphatic carbocycles. The molecule has 2 atom stereocenters. The highest BCUT2D eigenvalue weighted by Crippen LogP contribution is 2.20. The largest absolute Gasteiger partial charge is 0.486 e. The van der Waals surface area contributed by atoms with Crippen LogP contribution in [-0.2, 0) is 11.2 Å². The molecular formula is C16H17N3O5. The topological polar surface area (TPSA) is 116 Å². The summed E-state index contributed by atoms with van der Waals surface area (Å²) in [4.78, 5) is 30.9. The zero-order chi connectivity index (χ0) is 17.1. The maximum Gasteiger partial charge on any atom is 0.307 e. The third kappa shape index (κ3) is 3.54. The van der Waals surface area contributed by atoms with Gasteiger partial charge in [-0.25, -0.2) is 4.98 Å². The number of carboxylic acids is 1. The molecule has 1 fully saturated rings. The summed E-state index contributed by atoms with van der Waals surface area (Å²) < 4.78 is 5.73. The van der Waals surface area contributed by atoms with Gasteiger partial charge in [-0.3, -0.25) is 9.59 Å². The van der Waals surface area contributed by atoms with Gasteiger partial charge in [0.2, 0.25) is 0 Å². The molecular weight excluding hydrogens is 314 g/mol. The molecule has 1 saturated heterocycles. The normalized spacial score (nSPS) is 20.1. The number of imidazole rings is 1. The number of aromatic nitrogens is 2. The van der Waals surface area contributed by atoms with Gasteiger partial charge in [0.1, 0.15) is 23.7 Å². The van der Waals surface area contributed by atoms with Crippen LogP contribution in [0.15, 0.2) is 36.8 Å². The highest BCUT2D eigenvalue weighted by molar-refractivity contribution is 5.92. The van der Waals surface area contributed by atoms with E-state index in [-0.39, 0.29) is 25.4 Å². The van der Waals surface area contributed by atoms with Crippen molar-refractivity contribution in [3.8, 4) is 5.75 Å². The van der Waals surface area contributed by atoms with Crippen molar-refractivity contribution in [1.82, 2.24) is 14.9 Å². The van der Waals surface area contributed by atoms with Crippen LogP contribution in [0.25, 0.3) is 0 Å². The average molecular weight is 331 g/mol. The predicted octanol–water partition coefficient (Wildman–Crippen LogP) is 0.301. The summed E-state index contributed by atoms with van der Waals surface area (Å²) in [7, 11) is 0. The van der Waals surface area contributed by atoms with Crippen LogP contribution in [-0.4, -0.2) is 62.3 Å². The van der Waals surface area contributed by atoms with E-state index in [9.17, 15) is 14.7 Å². The fraction of sp³-hybridized carbons (Fsp3) is 0.312. The smallest absolute Gasteiger partial charge is 0.307 e. The number of carboxylic acid groups (broad SMARTS) is 1. The zero-order valence-electron chi connectivity index (χ0n) is 12.8. The minimum atomic E-state index is -0.900. The molecule has 1 amide bonds. The molecule has 0 unspecified atom stereocenters. The third-order valence-electron chi connectivity index (χ3n) is 3.82. The lowest BCUT2D eigenvalue weighted by Gasteiger charge is -2.17. The molecule has 0 saturated carbocycles. The molecule has 1 aromatic heterocycles. The van der Waals surface area contributed by atoms with E-state index in [4.69, 9.17) is 9.84 Å². The highest BCUT2D eigenvalue weighted by Gasteiger charge is 2.36. The standard InChI is InChI=1S/C16H17N3O5/c20-13-7-19(16(23)12-6-17-9-18-12)8-14(13)24-11-3-1-10(2-4-11)5-15(21)22/h1-4,6,9,13-14,20H,5,7-8H2,(H,17,18)(H,21,22)/t13-,14-/m1/s1. The molecule has 0 bridgehead atoms. The second kappa shape index (κ2) is 6.71. The summed E-state index contributed by atoms with van der Waals surface area (Å²) in [5.74, 6) is -0.624. The molecule has 0 radical (unpaired) electrons. The Morgan fingerprint density at radius 1 is 1.29 bits per heavy atom. The lowest BCUT2D eigenvalue weighted by molar-refractivity contribution is -0.136. The van der Waals surface area contributed by atoms with E-state index in [0.29, 0.717) is 17.0 Å². The number of rotatable bonds is 5. The molecule has 126 valence electrons. The number of hydrogen-bond acceptors (Lipinski definition) is 5. The van der Waals surface area contributed by atoms with Gasteiger partial charge < -0.3 is 24.8 Å². The molecule has 2 heterocycles. The summed E-state index contributed by atoms with van der Waals surface area (Å²) in [6.07, 6.45) is 1.47. The van der Waals surface area contributed by atoms with Gasteiger partial charge >= 0.3 is 5.97 Å². The van der Waals surface area contributed by atoms with Crippen LogP contribution < -0.4 is 4.74 Å². The van der Waals surface area contributed by atoms with Gasteiger partial charge in [-0.05, 0) is 17.7 Å². The Balaban J connectivity index is 1.61. The van der Waals surface area contributed by atoms with Gasteiger partial charge in [0, 0.05) is 0 Å². The van der Waals surface area contributed by atoms with Crippen molar-refractivity contribution in [3.63, 3.8) is 0 Å². The van der Waals surface area contributed by atoms with E-state index in [1.54, 1.807) is 24.3 Å².